The summed E-state index contributed by atoms with van der Waals surface area (Å²) in [6, 6.07) is 1.14. The molecular formula is C10H22N2. The SMILES string of the molecule is CCC(N)CCNC1CC1(C)C. The summed E-state index contributed by atoms with van der Waals surface area (Å²) in [5.74, 6) is 0. The van der Waals surface area contributed by atoms with Crippen molar-refractivity contribution in [1.82, 2.24) is 5.32 Å². The minimum absolute atomic E-state index is 0.388. The molecule has 0 aromatic rings. The molecule has 0 aromatic heterocycles. The Bertz CT molecular complexity index is 143. The van der Waals surface area contributed by atoms with Crippen molar-refractivity contribution in [3.05, 3.63) is 0 Å². The summed E-state index contributed by atoms with van der Waals surface area (Å²) in [5, 5.41) is 3.53. The third kappa shape index (κ3) is 2.76. The molecule has 0 heterocycles. The predicted octanol–water partition coefficient (Wildman–Crippen LogP) is 1.50. The van der Waals surface area contributed by atoms with Crippen molar-refractivity contribution in [3.8, 4) is 0 Å². The summed E-state index contributed by atoms with van der Waals surface area (Å²) < 4.78 is 0. The highest BCUT2D eigenvalue weighted by Crippen LogP contribution is 2.44. The Labute approximate surface area is 75.9 Å². The van der Waals surface area contributed by atoms with Gasteiger partial charge in [-0.25, -0.2) is 0 Å². The monoisotopic (exact) mass is 170 g/mol. The van der Waals surface area contributed by atoms with E-state index in [-0.39, 0.29) is 0 Å². The molecule has 12 heavy (non-hydrogen) atoms. The van der Waals surface area contributed by atoms with E-state index in [2.05, 4.69) is 26.1 Å². The zero-order valence-corrected chi connectivity index (χ0v) is 8.56. The highest BCUT2D eigenvalue weighted by atomic mass is 15.0. The molecule has 1 saturated carbocycles. The molecule has 0 radical (unpaired) electrons. The molecule has 1 fully saturated rings. The van der Waals surface area contributed by atoms with E-state index in [9.17, 15) is 0 Å². The summed E-state index contributed by atoms with van der Waals surface area (Å²) in [6.45, 7) is 7.85. The second-order valence-electron chi connectivity index (χ2n) is 4.66. The molecule has 3 N–H and O–H groups in total. The molecule has 1 rings (SSSR count). The average molecular weight is 170 g/mol. The van der Waals surface area contributed by atoms with Gasteiger partial charge in [-0.05, 0) is 31.2 Å². The van der Waals surface area contributed by atoms with Gasteiger partial charge in [-0.1, -0.05) is 20.8 Å². The molecule has 2 unspecified atom stereocenters. The summed E-state index contributed by atoms with van der Waals surface area (Å²) >= 11 is 0. The van der Waals surface area contributed by atoms with Crippen molar-refractivity contribution in [3.63, 3.8) is 0 Å². The minimum Gasteiger partial charge on any atom is -0.328 e. The number of nitrogens with two attached hydrogens (primary N) is 1. The molecule has 1 aliphatic rings. The highest BCUT2D eigenvalue weighted by Gasteiger charge is 2.44. The van der Waals surface area contributed by atoms with Crippen LogP contribution in [-0.2, 0) is 0 Å². The van der Waals surface area contributed by atoms with E-state index >= 15 is 0 Å². The van der Waals surface area contributed by atoms with Gasteiger partial charge < -0.3 is 11.1 Å². The van der Waals surface area contributed by atoms with Crippen molar-refractivity contribution in [2.75, 3.05) is 6.54 Å². The molecule has 0 saturated heterocycles. The Hall–Kier alpha value is -0.0800. The molecule has 2 nitrogen and oxygen atoms in total. The van der Waals surface area contributed by atoms with Gasteiger partial charge in [0.25, 0.3) is 0 Å². The van der Waals surface area contributed by atoms with Gasteiger partial charge >= 0.3 is 0 Å². The van der Waals surface area contributed by atoms with E-state index in [1.165, 1.54) is 6.42 Å². The van der Waals surface area contributed by atoms with Gasteiger partial charge in [-0.3, -0.25) is 0 Å². The highest BCUT2D eigenvalue weighted by molar-refractivity contribution is 5.01. The zero-order chi connectivity index (χ0) is 9.19. The molecule has 0 spiro atoms. The molecule has 2 atom stereocenters. The van der Waals surface area contributed by atoms with Crippen molar-refractivity contribution >= 4 is 0 Å². The smallest absolute Gasteiger partial charge is 0.0124 e. The molecule has 0 aromatic carbocycles. The van der Waals surface area contributed by atoms with Gasteiger partial charge in [-0.15, -0.1) is 0 Å². The summed E-state index contributed by atoms with van der Waals surface area (Å²) in [7, 11) is 0. The molecule has 2 heteroatoms. The summed E-state index contributed by atoms with van der Waals surface area (Å²) in [5.41, 5.74) is 6.36. The van der Waals surface area contributed by atoms with Crippen LogP contribution in [0.25, 0.3) is 0 Å². The molecule has 0 amide bonds. The van der Waals surface area contributed by atoms with Crippen LogP contribution < -0.4 is 11.1 Å². The van der Waals surface area contributed by atoms with Gasteiger partial charge in [-0.2, -0.15) is 0 Å². The fourth-order valence-electron chi connectivity index (χ4n) is 1.46. The third-order valence-corrected chi connectivity index (χ3v) is 2.94. The van der Waals surface area contributed by atoms with Crippen LogP contribution >= 0.6 is 0 Å². The van der Waals surface area contributed by atoms with E-state index in [1.807, 2.05) is 0 Å². The van der Waals surface area contributed by atoms with Gasteiger partial charge in [0.15, 0.2) is 0 Å². The fraction of sp³-hybridized carbons (Fsp3) is 1.00. The van der Waals surface area contributed by atoms with Crippen molar-refractivity contribution < 1.29 is 0 Å². The van der Waals surface area contributed by atoms with Crippen LogP contribution in [0.1, 0.15) is 40.0 Å². The Balaban J connectivity index is 1.98. The minimum atomic E-state index is 0.388. The molecular weight excluding hydrogens is 148 g/mol. The van der Waals surface area contributed by atoms with Crippen LogP contribution in [0.4, 0.5) is 0 Å². The first-order chi connectivity index (χ1) is 5.56. The Morgan fingerprint density at radius 2 is 2.17 bits per heavy atom. The number of hydrogen-bond donors (Lipinski definition) is 2. The van der Waals surface area contributed by atoms with Gasteiger partial charge in [0, 0.05) is 12.1 Å². The van der Waals surface area contributed by atoms with Crippen molar-refractivity contribution in [2.45, 2.75) is 52.1 Å². The van der Waals surface area contributed by atoms with Gasteiger partial charge in [0.05, 0.1) is 0 Å². The topological polar surface area (TPSA) is 38.0 Å². The van der Waals surface area contributed by atoms with Crippen LogP contribution in [0.3, 0.4) is 0 Å². The Morgan fingerprint density at radius 3 is 2.58 bits per heavy atom. The van der Waals surface area contributed by atoms with Crippen LogP contribution in [-0.4, -0.2) is 18.6 Å². The molecule has 0 aliphatic heterocycles. The van der Waals surface area contributed by atoms with Crippen molar-refractivity contribution in [1.29, 1.82) is 0 Å². The Kier molecular flexibility index (Phi) is 3.13. The third-order valence-electron chi connectivity index (χ3n) is 2.94. The zero-order valence-electron chi connectivity index (χ0n) is 8.56. The lowest BCUT2D eigenvalue weighted by Gasteiger charge is -2.10. The van der Waals surface area contributed by atoms with Crippen LogP contribution in [0, 0.1) is 5.41 Å². The Morgan fingerprint density at radius 1 is 1.58 bits per heavy atom. The van der Waals surface area contributed by atoms with Gasteiger partial charge in [0.2, 0.25) is 0 Å². The standard InChI is InChI=1S/C10H22N2/c1-4-8(11)5-6-12-9-7-10(9,2)3/h8-9,12H,4-7,11H2,1-3H3. The number of rotatable bonds is 5. The fourth-order valence-corrected chi connectivity index (χ4v) is 1.46. The number of nitrogens with one attached hydrogen (secondary N) is 1. The summed E-state index contributed by atoms with van der Waals surface area (Å²) in [6.07, 6.45) is 3.53. The second kappa shape index (κ2) is 3.75. The maximum atomic E-state index is 5.81. The quantitative estimate of drug-likeness (QED) is 0.656. The predicted molar refractivity (Wildman–Crippen MR) is 53.1 cm³/mol. The molecule has 1 aliphatic carbocycles. The first kappa shape index (κ1) is 10.0. The van der Waals surface area contributed by atoms with Crippen LogP contribution in [0.2, 0.25) is 0 Å². The number of hydrogen-bond acceptors (Lipinski definition) is 2. The van der Waals surface area contributed by atoms with Gasteiger partial charge in [0.1, 0.15) is 0 Å². The molecule has 0 bridgehead atoms. The maximum absolute atomic E-state index is 5.81. The van der Waals surface area contributed by atoms with E-state index in [0.717, 1.165) is 25.4 Å². The maximum Gasteiger partial charge on any atom is 0.0124 e. The van der Waals surface area contributed by atoms with Crippen LogP contribution in [0.5, 0.6) is 0 Å². The second-order valence-corrected chi connectivity index (χ2v) is 4.66. The molecule has 72 valence electrons. The van der Waals surface area contributed by atoms with E-state index in [0.29, 0.717) is 11.5 Å². The summed E-state index contributed by atoms with van der Waals surface area (Å²) in [4.78, 5) is 0. The first-order valence-corrected chi connectivity index (χ1v) is 5.05. The average Bonchev–Trinajstić information content (AvgIpc) is 2.59. The van der Waals surface area contributed by atoms with Crippen LogP contribution in [0.15, 0.2) is 0 Å². The lowest BCUT2D eigenvalue weighted by atomic mass is 10.1. The van der Waals surface area contributed by atoms with Crippen molar-refractivity contribution in [2.24, 2.45) is 11.1 Å². The van der Waals surface area contributed by atoms with E-state index in [4.69, 9.17) is 5.73 Å². The largest absolute Gasteiger partial charge is 0.328 e. The normalized spacial score (nSPS) is 28.5. The lowest BCUT2D eigenvalue weighted by molar-refractivity contribution is 0.503. The van der Waals surface area contributed by atoms with E-state index in [1.54, 1.807) is 0 Å². The van der Waals surface area contributed by atoms with E-state index < -0.39 is 0 Å². The lowest BCUT2D eigenvalue weighted by Crippen LogP contribution is -2.28. The first-order valence-electron chi connectivity index (χ1n) is 5.05.